The van der Waals surface area contributed by atoms with Crippen LogP contribution < -0.4 is 0 Å². The number of methoxy groups -OCH3 is 1. The van der Waals surface area contributed by atoms with Crippen LogP contribution in [0.3, 0.4) is 0 Å². The molecule has 13 heteroatoms. The van der Waals surface area contributed by atoms with Crippen molar-refractivity contribution in [3.05, 3.63) is 0 Å². The quantitative estimate of drug-likeness (QED) is 0.238. The van der Waals surface area contributed by atoms with Crippen molar-refractivity contribution in [3.63, 3.8) is 0 Å². The van der Waals surface area contributed by atoms with E-state index >= 15 is 0 Å². The van der Waals surface area contributed by atoms with E-state index in [1.165, 1.54) is 0 Å². The van der Waals surface area contributed by atoms with Crippen LogP contribution in [0.4, 0.5) is 0 Å². The topological polar surface area (TPSA) is 213 Å². The summed E-state index contributed by atoms with van der Waals surface area (Å²) >= 11 is 0. The Morgan fingerprint density at radius 2 is 1.19 bits per heavy atom. The summed E-state index contributed by atoms with van der Waals surface area (Å²) in [5.74, 6) is -3.22. The van der Waals surface area contributed by atoms with Gasteiger partial charge in [-0.15, -0.1) is 0 Å². The lowest BCUT2D eigenvalue weighted by Gasteiger charge is -2.44. The Labute approximate surface area is 145 Å². The molecule has 150 valence electrons. The number of aliphatic hydroxyl groups is 5. The van der Waals surface area contributed by atoms with Gasteiger partial charge in [-0.05, 0) is 0 Å². The summed E-state index contributed by atoms with van der Waals surface area (Å²) in [7, 11) is 1.08. The smallest absolute Gasteiger partial charge is 0.335 e. The second kappa shape index (κ2) is 8.08. The SMILES string of the molecule is CO[C@@H]1O[C@@H](C(=O)O)[C@@H](O)[C@@H](O)[C@H]1O[C@H]1O[C@@H](C(=O)O)[C@@H](O)[C@@H](O)[C@H]1O. The van der Waals surface area contributed by atoms with Crippen molar-refractivity contribution in [2.24, 2.45) is 0 Å². The molecule has 26 heavy (non-hydrogen) atoms. The lowest BCUT2D eigenvalue weighted by Crippen LogP contribution is -2.65. The van der Waals surface area contributed by atoms with E-state index in [1.54, 1.807) is 0 Å². The van der Waals surface area contributed by atoms with E-state index in [0.717, 1.165) is 7.11 Å². The molecule has 0 radical (unpaired) electrons. The highest BCUT2D eigenvalue weighted by atomic mass is 16.8. The summed E-state index contributed by atoms with van der Waals surface area (Å²) in [6.45, 7) is 0. The summed E-state index contributed by atoms with van der Waals surface area (Å²) in [6, 6.07) is 0. The normalized spacial score (nSPS) is 46.7. The Kier molecular flexibility index (Phi) is 6.49. The minimum Gasteiger partial charge on any atom is -0.479 e. The van der Waals surface area contributed by atoms with Crippen molar-refractivity contribution in [2.45, 2.75) is 61.4 Å². The maximum absolute atomic E-state index is 11.1. The highest BCUT2D eigenvalue weighted by Gasteiger charge is 2.53. The second-order valence-electron chi connectivity index (χ2n) is 5.82. The van der Waals surface area contributed by atoms with Crippen LogP contribution in [-0.4, -0.2) is 116 Å². The van der Waals surface area contributed by atoms with E-state index in [2.05, 4.69) is 0 Å². The molecule has 0 amide bonds. The van der Waals surface area contributed by atoms with Crippen molar-refractivity contribution in [1.29, 1.82) is 0 Å². The summed E-state index contributed by atoms with van der Waals surface area (Å²) in [6.07, 6.45) is -18.4. The molecule has 2 saturated heterocycles. The summed E-state index contributed by atoms with van der Waals surface area (Å²) in [5.41, 5.74) is 0. The van der Waals surface area contributed by atoms with Crippen molar-refractivity contribution in [2.75, 3.05) is 7.11 Å². The molecule has 0 aromatic rings. The van der Waals surface area contributed by atoms with Crippen LogP contribution in [0, 0.1) is 0 Å². The van der Waals surface area contributed by atoms with Gasteiger partial charge in [0.05, 0.1) is 0 Å². The highest BCUT2D eigenvalue weighted by Crippen LogP contribution is 2.29. The number of aliphatic carboxylic acids is 2. The molecule has 0 aromatic carbocycles. The number of hydrogen-bond acceptors (Lipinski definition) is 11. The van der Waals surface area contributed by atoms with Gasteiger partial charge in [-0.2, -0.15) is 0 Å². The Bertz CT molecular complexity index is 524. The van der Waals surface area contributed by atoms with Crippen molar-refractivity contribution in [1.82, 2.24) is 0 Å². The Morgan fingerprint density at radius 1 is 0.731 bits per heavy atom. The molecule has 2 heterocycles. The van der Waals surface area contributed by atoms with Gasteiger partial charge in [0.1, 0.15) is 36.6 Å². The molecule has 0 saturated carbocycles. The molecular weight excluding hydrogens is 364 g/mol. The molecule has 2 aliphatic heterocycles. The molecule has 2 aliphatic rings. The first kappa shape index (κ1) is 20.9. The molecule has 0 aromatic heterocycles. The van der Waals surface area contributed by atoms with Crippen LogP contribution >= 0.6 is 0 Å². The third-order valence-corrected chi connectivity index (χ3v) is 4.13. The molecule has 0 bridgehead atoms. The standard InChI is InChI=1S/C13H20O13/c1-23-13-9(5(17)4(16)8(25-13)11(21)22)26-12-6(18)2(14)3(15)7(24-12)10(19)20/h2-9,12-18H,1H3,(H,19,20)(H,21,22)/t2-,3+,4+,5-,6-,7-,8-,9-,12-,13-/m1/s1. The van der Waals surface area contributed by atoms with E-state index in [-0.39, 0.29) is 0 Å². The number of carboxylic acids is 2. The Morgan fingerprint density at radius 3 is 1.65 bits per heavy atom. The molecule has 10 atom stereocenters. The van der Waals surface area contributed by atoms with Crippen LogP contribution in [0.5, 0.6) is 0 Å². The van der Waals surface area contributed by atoms with Crippen LogP contribution in [0.1, 0.15) is 0 Å². The fraction of sp³-hybridized carbons (Fsp3) is 0.846. The minimum atomic E-state index is -1.95. The van der Waals surface area contributed by atoms with Gasteiger partial charge in [0.15, 0.2) is 24.8 Å². The molecule has 13 nitrogen and oxygen atoms in total. The first-order valence-electron chi connectivity index (χ1n) is 7.45. The van der Waals surface area contributed by atoms with Gasteiger partial charge in [0, 0.05) is 7.11 Å². The zero-order chi connectivity index (χ0) is 19.8. The maximum Gasteiger partial charge on any atom is 0.335 e. The average molecular weight is 384 g/mol. The van der Waals surface area contributed by atoms with Crippen LogP contribution in [0.25, 0.3) is 0 Å². The molecule has 0 aliphatic carbocycles. The Hall–Kier alpha value is -1.42. The molecule has 2 fully saturated rings. The second-order valence-corrected chi connectivity index (χ2v) is 5.82. The van der Waals surface area contributed by atoms with E-state index in [4.69, 9.17) is 29.2 Å². The predicted octanol–water partition coefficient (Wildman–Crippen LogP) is -4.56. The molecule has 0 unspecified atom stereocenters. The largest absolute Gasteiger partial charge is 0.479 e. The van der Waals surface area contributed by atoms with Crippen LogP contribution in [-0.2, 0) is 28.5 Å². The molecule has 2 rings (SSSR count). The summed E-state index contributed by atoms with van der Waals surface area (Å²) in [5, 5.41) is 67.2. The highest BCUT2D eigenvalue weighted by molar-refractivity contribution is 5.73. The number of carbonyl (C=O) groups is 2. The number of carboxylic acid groups (broad SMARTS) is 2. The van der Waals surface area contributed by atoms with Crippen molar-refractivity contribution in [3.8, 4) is 0 Å². The lowest BCUT2D eigenvalue weighted by molar-refractivity contribution is -0.357. The van der Waals surface area contributed by atoms with Gasteiger partial charge in [-0.3, -0.25) is 0 Å². The first-order valence-corrected chi connectivity index (χ1v) is 7.45. The average Bonchev–Trinajstić information content (AvgIpc) is 2.58. The third kappa shape index (κ3) is 3.80. The molecule has 7 N–H and O–H groups in total. The third-order valence-electron chi connectivity index (χ3n) is 4.13. The zero-order valence-corrected chi connectivity index (χ0v) is 13.4. The van der Waals surface area contributed by atoms with Crippen molar-refractivity contribution < 1.29 is 64.3 Å². The van der Waals surface area contributed by atoms with E-state index < -0.39 is 73.4 Å². The fourth-order valence-electron chi connectivity index (χ4n) is 2.69. The fourth-order valence-corrected chi connectivity index (χ4v) is 2.69. The molecule has 0 spiro atoms. The van der Waals surface area contributed by atoms with Gasteiger partial charge >= 0.3 is 11.9 Å². The number of rotatable bonds is 5. The van der Waals surface area contributed by atoms with Gasteiger partial charge in [-0.1, -0.05) is 0 Å². The van der Waals surface area contributed by atoms with Crippen LogP contribution in [0.2, 0.25) is 0 Å². The van der Waals surface area contributed by atoms with Crippen LogP contribution in [0.15, 0.2) is 0 Å². The number of ether oxygens (including phenoxy) is 4. The monoisotopic (exact) mass is 384 g/mol. The molecular formula is C13H20O13. The van der Waals surface area contributed by atoms with E-state index in [9.17, 15) is 35.1 Å². The number of aliphatic hydroxyl groups excluding tert-OH is 5. The van der Waals surface area contributed by atoms with E-state index in [0.29, 0.717) is 0 Å². The lowest BCUT2D eigenvalue weighted by atomic mass is 9.97. The van der Waals surface area contributed by atoms with Gasteiger partial charge < -0.3 is 54.7 Å². The minimum absolute atomic E-state index is 1.08. The van der Waals surface area contributed by atoms with Gasteiger partial charge in [0.2, 0.25) is 0 Å². The van der Waals surface area contributed by atoms with Gasteiger partial charge in [0.25, 0.3) is 0 Å². The number of hydrogen-bond donors (Lipinski definition) is 7. The van der Waals surface area contributed by atoms with Crippen molar-refractivity contribution >= 4 is 11.9 Å². The van der Waals surface area contributed by atoms with Gasteiger partial charge in [-0.25, -0.2) is 9.59 Å². The zero-order valence-electron chi connectivity index (χ0n) is 13.4. The predicted molar refractivity (Wildman–Crippen MR) is 74.5 cm³/mol. The maximum atomic E-state index is 11.1. The van der Waals surface area contributed by atoms with E-state index in [1.807, 2.05) is 0 Å². The Balaban J connectivity index is 2.19. The summed E-state index contributed by atoms with van der Waals surface area (Å²) < 4.78 is 19.9. The summed E-state index contributed by atoms with van der Waals surface area (Å²) in [4.78, 5) is 22.1. The first-order chi connectivity index (χ1) is 12.1.